The molecule has 14 heavy (non-hydrogen) atoms. The summed E-state index contributed by atoms with van der Waals surface area (Å²) in [6.45, 7) is 17.3. The Kier molecular flexibility index (Phi) is 4.21. The van der Waals surface area contributed by atoms with Gasteiger partial charge in [0, 0.05) is 0 Å². The minimum Gasteiger partial charge on any atom is -0.330 e. The van der Waals surface area contributed by atoms with Crippen molar-refractivity contribution in [1.29, 1.82) is 0 Å². The third-order valence-electron chi connectivity index (χ3n) is 4.19. The predicted octanol–water partition coefficient (Wildman–Crippen LogP) is 3.82. The summed E-state index contributed by atoms with van der Waals surface area (Å²) in [7, 11) is 0. The van der Waals surface area contributed by atoms with Crippen LogP contribution < -0.4 is 5.73 Å². The van der Waals surface area contributed by atoms with Gasteiger partial charge in [-0.1, -0.05) is 48.5 Å². The SMILES string of the molecule is CC(C)(C)C(C)(CCCN)C(C)(C)C. The van der Waals surface area contributed by atoms with Gasteiger partial charge in [-0.2, -0.15) is 0 Å². The van der Waals surface area contributed by atoms with E-state index in [4.69, 9.17) is 5.73 Å². The minimum absolute atomic E-state index is 0.334. The first-order valence-corrected chi connectivity index (χ1v) is 5.76. The molecule has 0 aromatic rings. The van der Waals surface area contributed by atoms with E-state index in [0.717, 1.165) is 13.0 Å². The normalized spacial score (nSPS) is 14.6. The lowest BCUT2D eigenvalue weighted by atomic mass is 9.53. The summed E-state index contributed by atoms with van der Waals surface area (Å²) in [4.78, 5) is 0. The molecule has 0 bridgehead atoms. The van der Waals surface area contributed by atoms with Crippen molar-refractivity contribution in [2.24, 2.45) is 22.0 Å². The molecule has 1 heteroatoms. The maximum Gasteiger partial charge on any atom is -0.00771 e. The van der Waals surface area contributed by atoms with Crippen LogP contribution in [0.1, 0.15) is 61.3 Å². The van der Waals surface area contributed by atoms with Gasteiger partial charge in [0.15, 0.2) is 0 Å². The Balaban J connectivity index is 4.87. The molecule has 0 saturated carbocycles. The van der Waals surface area contributed by atoms with Crippen LogP contribution in [-0.4, -0.2) is 6.54 Å². The van der Waals surface area contributed by atoms with Crippen molar-refractivity contribution >= 4 is 0 Å². The molecule has 0 radical (unpaired) electrons. The maximum absolute atomic E-state index is 5.62. The summed E-state index contributed by atoms with van der Waals surface area (Å²) in [5.74, 6) is 0. The monoisotopic (exact) mass is 199 g/mol. The fourth-order valence-corrected chi connectivity index (χ4v) is 2.33. The summed E-state index contributed by atoms with van der Waals surface area (Å²) in [5, 5.41) is 0. The third kappa shape index (κ3) is 2.73. The molecule has 1 nitrogen and oxygen atoms in total. The fourth-order valence-electron chi connectivity index (χ4n) is 2.33. The van der Waals surface area contributed by atoms with Crippen LogP contribution in [-0.2, 0) is 0 Å². The lowest BCUT2D eigenvalue weighted by Crippen LogP contribution is -2.44. The standard InChI is InChI=1S/C13H29N/c1-11(2,3)13(7,9-8-10-14)12(4,5)6/h8-10,14H2,1-7H3. The molecule has 0 amide bonds. The van der Waals surface area contributed by atoms with Crippen LogP contribution >= 0.6 is 0 Å². The van der Waals surface area contributed by atoms with Crippen LogP contribution in [0.2, 0.25) is 0 Å². The molecule has 0 aliphatic carbocycles. The average molecular weight is 199 g/mol. The van der Waals surface area contributed by atoms with Gasteiger partial charge in [-0.05, 0) is 35.6 Å². The molecule has 0 spiro atoms. The third-order valence-corrected chi connectivity index (χ3v) is 4.19. The first kappa shape index (κ1) is 14.0. The molecule has 0 heterocycles. The van der Waals surface area contributed by atoms with Crippen molar-refractivity contribution in [2.45, 2.75) is 61.3 Å². The van der Waals surface area contributed by atoms with E-state index in [1.165, 1.54) is 6.42 Å². The second kappa shape index (κ2) is 4.22. The molecule has 0 atom stereocenters. The maximum atomic E-state index is 5.62. The smallest absolute Gasteiger partial charge is 0.00771 e. The summed E-state index contributed by atoms with van der Waals surface area (Å²) >= 11 is 0. The molecule has 0 aliphatic heterocycles. The highest BCUT2D eigenvalue weighted by atomic mass is 14.5. The molecule has 0 rings (SSSR count). The van der Waals surface area contributed by atoms with Gasteiger partial charge in [-0.3, -0.25) is 0 Å². The van der Waals surface area contributed by atoms with Crippen molar-refractivity contribution in [2.75, 3.05) is 6.54 Å². The molecule has 0 unspecified atom stereocenters. The van der Waals surface area contributed by atoms with Gasteiger partial charge >= 0.3 is 0 Å². The van der Waals surface area contributed by atoms with Gasteiger partial charge in [0.2, 0.25) is 0 Å². The summed E-state index contributed by atoms with van der Waals surface area (Å²) < 4.78 is 0. The molecular formula is C13H29N. The van der Waals surface area contributed by atoms with Crippen molar-refractivity contribution in [3.05, 3.63) is 0 Å². The first-order chi connectivity index (χ1) is 6.06. The highest BCUT2D eigenvalue weighted by Crippen LogP contribution is 2.53. The molecule has 0 saturated heterocycles. The van der Waals surface area contributed by atoms with Crippen molar-refractivity contribution < 1.29 is 0 Å². The van der Waals surface area contributed by atoms with E-state index in [1.54, 1.807) is 0 Å². The number of hydrogen-bond donors (Lipinski definition) is 1. The Morgan fingerprint density at radius 2 is 1.14 bits per heavy atom. The average Bonchev–Trinajstić information content (AvgIpc) is 1.95. The van der Waals surface area contributed by atoms with E-state index in [2.05, 4.69) is 48.5 Å². The van der Waals surface area contributed by atoms with Crippen molar-refractivity contribution in [3.8, 4) is 0 Å². The van der Waals surface area contributed by atoms with Crippen LogP contribution in [0.15, 0.2) is 0 Å². The lowest BCUT2D eigenvalue weighted by Gasteiger charge is -2.52. The van der Waals surface area contributed by atoms with Gasteiger partial charge < -0.3 is 5.73 Å². The topological polar surface area (TPSA) is 26.0 Å². The second-order valence-corrected chi connectivity index (χ2v) is 6.72. The van der Waals surface area contributed by atoms with Crippen molar-refractivity contribution in [3.63, 3.8) is 0 Å². The Bertz CT molecular complexity index is 155. The predicted molar refractivity (Wildman–Crippen MR) is 65.3 cm³/mol. The number of rotatable bonds is 3. The number of hydrogen-bond acceptors (Lipinski definition) is 1. The van der Waals surface area contributed by atoms with Crippen LogP contribution in [0.3, 0.4) is 0 Å². The Labute approximate surface area is 90.5 Å². The Hall–Kier alpha value is -0.0400. The van der Waals surface area contributed by atoms with Gasteiger partial charge in [-0.25, -0.2) is 0 Å². The van der Waals surface area contributed by atoms with E-state index in [0.29, 0.717) is 16.2 Å². The number of nitrogens with two attached hydrogens (primary N) is 1. The van der Waals surface area contributed by atoms with E-state index >= 15 is 0 Å². The zero-order valence-corrected chi connectivity index (χ0v) is 11.2. The van der Waals surface area contributed by atoms with Crippen LogP contribution in [0.25, 0.3) is 0 Å². The van der Waals surface area contributed by atoms with Crippen LogP contribution in [0.4, 0.5) is 0 Å². The fraction of sp³-hybridized carbons (Fsp3) is 1.00. The minimum atomic E-state index is 0.334. The van der Waals surface area contributed by atoms with Gasteiger partial charge in [-0.15, -0.1) is 0 Å². The second-order valence-electron chi connectivity index (χ2n) is 6.72. The first-order valence-electron chi connectivity index (χ1n) is 5.76. The summed E-state index contributed by atoms with van der Waals surface area (Å²) in [6, 6.07) is 0. The molecule has 0 aromatic carbocycles. The summed E-state index contributed by atoms with van der Waals surface area (Å²) in [5.41, 5.74) is 6.64. The van der Waals surface area contributed by atoms with E-state index in [-0.39, 0.29) is 0 Å². The van der Waals surface area contributed by atoms with Crippen molar-refractivity contribution in [1.82, 2.24) is 0 Å². The van der Waals surface area contributed by atoms with Gasteiger partial charge in [0.25, 0.3) is 0 Å². The van der Waals surface area contributed by atoms with Gasteiger partial charge in [0.05, 0.1) is 0 Å². The summed E-state index contributed by atoms with van der Waals surface area (Å²) in [6.07, 6.45) is 2.35. The molecule has 0 aromatic heterocycles. The molecule has 2 N–H and O–H groups in total. The van der Waals surface area contributed by atoms with E-state index in [9.17, 15) is 0 Å². The van der Waals surface area contributed by atoms with E-state index in [1.807, 2.05) is 0 Å². The zero-order chi connectivity index (χ0) is 11.6. The largest absolute Gasteiger partial charge is 0.330 e. The van der Waals surface area contributed by atoms with Crippen LogP contribution in [0.5, 0.6) is 0 Å². The lowest BCUT2D eigenvalue weighted by molar-refractivity contribution is -0.0228. The highest BCUT2D eigenvalue weighted by molar-refractivity contribution is 4.95. The quantitative estimate of drug-likeness (QED) is 0.734. The molecular weight excluding hydrogens is 170 g/mol. The van der Waals surface area contributed by atoms with Gasteiger partial charge in [0.1, 0.15) is 0 Å². The molecule has 86 valence electrons. The molecule has 0 fully saturated rings. The highest BCUT2D eigenvalue weighted by Gasteiger charge is 2.45. The zero-order valence-electron chi connectivity index (χ0n) is 11.2. The molecule has 0 aliphatic rings. The van der Waals surface area contributed by atoms with Crippen LogP contribution in [0, 0.1) is 16.2 Å². The van der Waals surface area contributed by atoms with E-state index < -0.39 is 0 Å². The Morgan fingerprint density at radius 1 is 0.786 bits per heavy atom. The Morgan fingerprint density at radius 3 is 1.36 bits per heavy atom.